The number of ether oxygens (including phenoxy) is 1. The quantitative estimate of drug-likeness (QED) is 0.737. The van der Waals surface area contributed by atoms with Crippen LogP contribution in [0.5, 0.6) is 0 Å². The Bertz CT molecular complexity index is 104. The molecule has 5 heteroatoms. The Kier molecular flexibility index (Phi) is 5.83. The number of halogens is 3. The van der Waals surface area contributed by atoms with Crippen molar-refractivity contribution in [3.63, 3.8) is 0 Å². The van der Waals surface area contributed by atoms with Crippen molar-refractivity contribution in [3.05, 3.63) is 0 Å². The maximum atomic E-state index is 5.56. The van der Waals surface area contributed by atoms with Gasteiger partial charge in [0, 0.05) is 13.2 Å². The van der Waals surface area contributed by atoms with Crippen molar-refractivity contribution in [2.45, 2.75) is 23.2 Å². The lowest BCUT2D eigenvalue weighted by Gasteiger charge is -2.22. The lowest BCUT2D eigenvalue weighted by atomic mass is 10.4. The zero-order valence-corrected chi connectivity index (χ0v) is 8.59. The molecule has 11 heavy (non-hydrogen) atoms. The van der Waals surface area contributed by atoms with E-state index in [0.29, 0.717) is 6.61 Å². The molecule has 1 unspecified atom stereocenters. The van der Waals surface area contributed by atoms with E-state index in [-0.39, 0.29) is 6.54 Å². The molecule has 0 aromatic carbocycles. The fraction of sp³-hybridized carbons (Fsp3) is 1.00. The highest BCUT2D eigenvalue weighted by Gasteiger charge is 2.31. The third-order valence-electron chi connectivity index (χ3n) is 1.10. The summed E-state index contributed by atoms with van der Waals surface area (Å²) in [6.45, 7) is 2.76. The first-order chi connectivity index (χ1) is 5.02. The highest BCUT2D eigenvalue weighted by Crippen LogP contribution is 2.31. The molecule has 0 aliphatic rings. The minimum absolute atomic E-state index is 0.219. The Morgan fingerprint density at radius 1 is 1.45 bits per heavy atom. The second kappa shape index (κ2) is 5.44. The van der Waals surface area contributed by atoms with Crippen LogP contribution >= 0.6 is 34.8 Å². The third-order valence-corrected chi connectivity index (χ3v) is 1.83. The average molecular weight is 221 g/mol. The van der Waals surface area contributed by atoms with Gasteiger partial charge in [-0.1, -0.05) is 41.7 Å². The lowest BCUT2D eigenvalue weighted by molar-refractivity contribution is 0.0622. The van der Waals surface area contributed by atoms with E-state index in [1.54, 1.807) is 0 Å². The lowest BCUT2D eigenvalue weighted by Crippen LogP contribution is -2.36. The van der Waals surface area contributed by atoms with Gasteiger partial charge >= 0.3 is 0 Å². The molecule has 0 spiro atoms. The first-order valence-corrected chi connectivity index (χ1v) is 4.54. The van der Waals surface area contributed by atoms with E-state index in [1.165, 1.54) is 0 Å². The number of hydrogen-bond donors (Lipinski definition) is 1. The van der Waals surface area contributed by atoms with Crippen LogP contribution in [0.1, 0.15) is 13.3 Å². The highest BCUT2D eigenvalue weighted by atomic mass is 35.6. The van der Waals surface area contributed by atoms with Gasteiger partial charge in [-0.05, 0) is 6.42 Å². The zero-order chi connectivity index (χ0) is 8.91. The minimum atomic E-state index is -1.41. The normalized spacial score (nSPS) is 15.0. The first-order valence-electron chi connectivity index (χ1n) is 3.40. The summed E-state index contributed by atoms with van der Waals surface area (Å²) >= 11 is 16.7. The predicted molar refractivity (Wildman–Crippen MR) is 49.4 cm³/mol. The van der Waals surface area contributed by atoms with Crippen molar-refractivity contribution >= 4 is 34.8 Å². The molecule has 0 aromatic rings. The molecule has 0 saturated carbocycles. The fourth-order valence-electron chi connectivity index (χ4n) is 0.556. The van der Waals surface area contributed by atoms with Gasteiger partial charge in [-0.3, -0.25) is 0 Å². The van der Waals surface area contributed by atoms with E-state index in [4.69, 9.17) is 45.3 Å². The summed E-state index contributed by atoms with van der Waals surface area (Å²) in [5, 5.41) is 0. The SMILES string of the molecule is CCCOC(CN)C(Cl)(Cl)Cl. The van der Waals surface area contributed by atoms with Crippen LogP contribution in [0.3, 0.4) is 0 Å². The van der Waals surface area contributed by atoms with Gasteiger partial charge in [-0.2, -0.15) is 0 Å². The van der Waals surface area contributed by atoms with Crippen LogP contribution in [0.15, 0.2) is 0 Å². The van der Waals surface area contributed by atoms with E-state index in [0.717, 1.165) is 6.42 Å². The molecular weight excluding hydrogens is 208 g/mol. The average Bonchev–Trinajstić information content (AvgIpc) is 1.87. The Morgan fingerprint density at radius 2 is 2.00 bits per heavy atom. The van der Waals surface area contributed by atoms with Gasteiger partial charge < -0.3 is 10.5 Å². The summed E-state index contributed by atoms with van der Waals surface area (Å²) < 4.78 is 3.77. The number of alkyl halides is 3. The first kappa shape index (κ1) is 11.8. The topological polar surface area (TPSA) is 35.2 Å². The molecule has 0 rings (SSSR count). The molecule has 0 radical (unpaired) electrons. The Balaban J connectivity index is 3.76. The maximum Gasteiger partial charge on any atom is 0.217 e. The van der Waals surface area contributed by atoms with Crippen molar-refractivity contribution in [1.82, 2.24) is 0 Å². The second-order valence-electron chi connectivity index (χ2n) is 2.14. The highest BCUT2D eigenvalue weighted by molar-refractivity contribution is 6.68. The van der Waals surface area contributed by atoms with Gasteiger partial charge in [-0.25, -0.2) is 0 Å². The Morgan fingerprint density at radius 3 is 2.27 bits per heavy atom. The third kappa shape index (κ3) is 5.10. The van der Waals surface area contributed by atoms with Crippen molar-refractivity contribution in [2.24, 2.45) is 5.73 Å². The van der Waals surface area contributed by atoms with Gasteiger partial charge in [0.1, 0.15) is 6.10 Å². The van der Waals surface area contributed by atoms with Crippen molar-refractivity contribution in [2.75, 3.05) is 13.2 Å². The summed E-state index contributed by atoms with van der Waals surface area (Å²) in [6.07, 6.45) is 0.379. The van der Waals surface area contributed by atoms with Crippen LogP contribution in [0, 0.1) is 0 Å². The van der Waals surface area contributed by atoms with Crippen LogP contribution in [0.2, 0.25) is 0 Å². The predicted octanol–water partition coefficient (Wildman–Crippen LogP) is 2.11. The maximum absolute atomic E-state index is 5.56. The monoisotopic (exact) mass is 219 g/mol. The standard InChI is InChI=1S/C6H12Cl3NO/c1-2-3-11-5(4-10)6(7,8)9/h5H,2-4,10H2,1H3. The summed E-state index contributed by atoms with van der Waals surface area (Å²) in [7, 11) is 0. The van der Waals surface area contributed by atoms with Crippen molar-refractivity contribution in [1.29, 1.82) is 0 Å². The van der Waals surface area contributed by atoms with Crippen LogP contribution < -0.4 is 5.73 Å². The molecule has 0 saturated heterocycles. The largest absolute Gasteiger partial charge is 0.372 e. The van der Waals surface area contributed by atoms with Crippen LogP contribution in [-0.4, -0.2) is 23.0 Å². The molecule has 0 fully saturated rings. The Labute approximate surface area is 81.9 Å². The van der Waals surface area contributed by atoms with Gasteiger partial charge in [0.15, 0.2) is 0 Å². The summed E-state index contributed by atoms with van der Waals surface area (Å²) in [5.41, 5.74) is 5.32. The molecule has 0 amide bonds. The molecule has 68 valence electrons. The van der Waals surface area contributed by atoms with Crippen LogP contribution in [0.25, 0.3) is 0 Å². The van der Waals surface area contributed by atoms with E-state index in [2.05, 4.69) is 0 Å². The summed E-state index contributed by atoms with van der Waals surface area (Å²) in [5.74, 6) is 0. The van der Waals surface area contributed by atoms with E-state index < -0.39 is 9.90 Å². The number of rotatable bonds is 4. The smallest absolute Gasteiger partial charge is 0.217 e. The zero-order valence-electron chi connectivity index (χ0n) is 6.32. The van der Waals surface area contributed by atoms with Crippen LogP contribution in [-0.2, 0) is 4.74 Å². The second-order valence-corrected chi connectivity index (χ2v) is 4.51. The van der Waals surface area contributed by atoms with Gasteiger partial charge in [0.2, 0.25) is 3.79 Å². The Hall–Kier alpha value is 0.790. The van der Waals surface area contributed by atoms with E-state index in [1.807, 2.05) is 6.92 Å². The van der Waals surface area contributed by atoms with Crippen molar-refractivity contribution < 1.29 is 4.74 Å². The molecule has 1 atom stereocenters. The molecule has 2 nitrogen and oxygen atoms in total. The van der Waals surface area contributed by atoms with Crippen LogP contribution in [0.4, 0.5) is 0 Å². The van der Waals surface area contributed by atoms with Gasteiger partial charge in [0.25, 0.3) is 0 Å². The molecule has 0 aliphatic heterocycles. The summed E-state index contributed by atoms with van der Waals surface area (Å²) in [6, 6.07) is 0. The van der Waals surface area contributed by atoms with Gasteiger partial charge in [0.05, 0.1) is 0 Å². The summed E-state index contributed by atoms with van der Waals surface area (Å²) in [4.78, 5) is 0. The molecule has 2 N–H and O–H groups in total. The van der Waals surface area contributed by atoms with Crippen molar-refractivity contribution in [3.8, 4) is 0 Å². The molecular formula is C6H12Cl3NO. The van der Waals surface area contributed by atoms with Gasteiger partial charge in [-0.15, -0.1) is 0 Å². The molecule has 0 aromatic heterocycles. The minimum Gasteiger partial charge on any atom is -0.372 e. The molecule has 0 aliphatic carbocycles. The van der Waals surface area contributed by atoms with E-state index >= 15 is 0 Å². The number of nitrogens with two attached hydrogens (primary N) is 1. The molecule has 0 bridgehead atoms. The van der Waals surface area contributed by atoms with E-state index in [9.17, 15) is 0 Å². The fourth-order valence-corrected chi connectivity index (χ4v) is 1.01. The number of hydrogen-bond acceptors (Lipinski definition) is 2. The molecule has 0 heterocycles.